The Morgan fingerprint density at radius 2 is 1.83 bits per heavy atom. The molecule has 2 aromatic heterocycles. The number of aromatic nitrogens is 2. The topological polar surface area (TPSA) is 61.0 Å². The molecule has 2 heterocycles. The van der Waals surface area contributed by atoms with Gasteiger partial charge in [0.15, 0.2) is 0 Å². The Morgan fingerprint density at radius 3 is 2.60 bits per heavy atom. The number of hydrogen-bond donors (Lipinski definition) is 2. The summed E-state index contributed by atoms with van der Waals surface area (Å²) in [7, 11) is 0. The van der Waals surface area contributed by atoms with Gasteiger partial charge in [0.2, 0.25) is 5.91 Å². The highest BCUT2D eigenvalue weighted by molar-refractivity contribution is 6.07. The Labute approximate surface area is 177 Å². The largest absolute Gasteiger partial charge is 0.372 e. The second kappa shape index (κ2) is 8.57. The van der Waals surface area contributed by atoms with Gasteiger partial charge in [0, 0.05) is 52.9 Å². The first kappa shape index (κ1) is 20.0. The van der Waals surface area contributed by atoms with E-state index >= 15 is 0 Å². The first-order valence-corrected chi connectivity index (χ1v) is 10.6. The fourth-order valence-electron chi connectivity index (χ4n) is 3.96. The lowest BCUT2D eigenvalue weighted by Crippen LogP contribution is -2.22. The van der Waals surface area contributed by atoms with E-state index in [1.165, 1.54) is 11.1 Å². The van der Waals surface area contributed by atoms with Crippen molar-refractivity contribution in [2.24, 2.45) is 0 Å². The summed E-state index contributed by atoms with van der Waals surface area (Å²) < 4.78 is 0. The second-order valence-corrected chi connectivity index (χ2v) is 7.61. The van der Waals surface area contributed by atoms with Gasteiger partial charge in [0.05, 0.1) is 11.7 Å². The van der Waals surface area contributed by atoms with Crippen LogP contribution >= 0.6 is 0 Å². The highest BCUT2D eigenvalue weighted by Crippen LogP contribution is 2.26. The number of para-hydroxylation sites is 1. The summed E-state index contributed by atoms with van der Waals surface area (Å²) >= 11 is 0. The molecule has 0 bridgehead atoms. The number of carbonyl (C=O) groups is 1. The highest BCUT2D eigenvalue weighted by Gasteiger charge is 2.10. The van der Waals surface area contributed by atoms with E-state index < -0.39 is 0 Å². The zero-order chi connectivity index (χ0) is 21.1. The van der Waals surface area contributed by atoms with Crippen LogP contribution in [0.3, 0.4) is 0 Å². The molecule has 30 heavy (non-hydrogen) atoms. The number of rotatable bonds is 7. The van der Waals surface area contributed by atoms with Crippen LogP contribution in [0.4, 0.5) is 11.4 Å². The highest BCUT2D eigenvalue weighted by atomic mass is 16.1. The Morgan fingerprint density at radius 1 is 1.03 bits per heavy atom. The van der Waals surface area contributed by atoms with Crippen LogP contribution in [0.15, 0.2) is 54.7 Å². The van der Waals surface area contributed by atoms with Crippen molar-refractivity contribution in [1.82, 2.24) is 9.97 Å². The molecule has 4 aromatic rings. The van der Waals surface area contributed by atoms with Crippen molar-refractivity contribution >= 4 is 39.1 Å². The van der Waals surface area contributed by atoms with Gasteiger partial charge in [0.1, 0.15) is 0 Å². The number of aryl methyl sites for hydroxylation is 2. The van der Waals surface area contributed by atoms with Crippen molar-refractivity contribution < 1.29 is 4.79 Å². The fourth-order valence-corrected chi connectivity index (χ4v) is 3.96. The lowest BCUT2D eigenvalue weighted by Gasteiger charge is -2.22. The predicted octanol–water partition coefficient (Wildman–Crippen LogP) is 5.44. The van der Waals surface area contributed by atoms with Crippen molar-refractivity contribution in [3.63, 3.8) is 0 Å². The lowest BCUT2D eigenvalue weighted by atomic mass is 10.1. The summed E-state index contributed by atoms with van der Waals surface area (Å²) in [6.07, 6.45) is 2.87. The zero-order valence-electron chi connectivity index (χ0n) is 17.8. The number of aromatic amines is 1. The summed E-state index contributed by atoms with van der Waals surface area (Å²) in [5.41, 5.74) is 6.19. The number of hydrogen-bond acceptors (Lipinski definition) is 3. The fraction of sp³-hybridized carbons (Fsp3) is 0.280. The molecule has 0 fully saturated rings. The smallest absolute Gasteiger partial charge is 0.224 e. The van der Waals surface area contributed by atoms with Crippen molar-refractivity contribution in [2.75, 3.05) is 23.3 Å². The molecule has 0 aliphatic heterocycles. The average molecular weight is 401 g/mol. The lowest BCUT2D eigenvalue weighted by molar-refractivity contribution is -0.116. The van der Waals surface area contributed by atoms with Crippen LogP contribution in [0.5, 0.6) is 0 Å². The van der Waals surface area contributed by atoms with E-state index in [-0.39, 0.29) is 5.91 Å². The van der Waals surface area contributed by atoms with E-state index in [1.54, 1.807) is 0 Å². The maximum absolute atomic E-state index is 12.5. The van der Waals surface area contributed by atoms with Crippen LogP contribution in [-0.2, 0) is 11.2 Å². The molecule has 0 saturated heterocycles. The van der Waals surface area contributed by atoms with E-state index in [0.717, 1.165) is 46.5 Å². The SMILES string of the molecule is CCN(CC)c1ccc(NC(=O)CCc2cc3c(cn2)[nH]c2ccccc23)c(C)c1. The van der Waals surface area contributed by atoms with Gasteiger partial charge in [-0.1, -0.05) is 18.2 Å². The Balaban J connectivity index is 1.43. The van der Waals surface area contributed by atoms with E-state index in [0.29, 0.717) is 12.8 Å². The molecule has 4 rings (SSSR count). The number of pyridine rings is 1. The Kier molecular flexibility index (Phi) is 5.70. The molecule has 0 spiro atoms. The van der Waals surface area contributed by atoms with Gasteiger partial charge >= 0.3 is 0 Å². The monoisotopic (exact) mass is 400 g/mol. The van der Waals surface area contributed by atoms with E-state index in [1.807, 2.05) is 31.3 Å². The molecule has 5 heteroatoms. The molecule has 0 radical (unpaired) electrons. The predicted molar refractivity (Wildman–Crippen MR) is 125 cm³/mol. The molecule has 0 aliphatic rings. The van der Waals surface area contributed by atoms with Crippen LogP contribution in [0.1, 0.15) is 31.5 Å². The number of nitrogens with one attached hydrogen (secondary N) is 2. The van der Waals surface area contributed by atoms with E-state index in [2.05, 4.69) is 64.4 Å². The number of anilines is 2. The average Bonchev–Trinajstić information content (AvgIpc) is 3.13. The number of benzene rings is 2. The minimum absolute atomic E-state index is 0.00881. The van der Waals surface area contributed by atoms with Gasteiger partial charge in [0.25, 0.3) is 0 Å². The standard InChI is InChI=1S/C25H28N4O/c1-4-29(5-2)19-11-12-22(17(3)14-19)28-25(30)13-10-18-15-21-20-8-6-7-9-23(20)27-24(21)16-26-18/h6-9,11-12,14-16,27H,4-5,10,13H2,1-3H3,(H,28,30). The minimum Gasteiger partial charge on any atom is -0.372 e. The third-order valence-electron chi connectivity index (χ3n) is 5.67. The number of carbonyl (C=O) groups excluding carboxylic acids is 1. The molecular formula is C25H28N4O. The number of nitrogens with zero attached hydrogens (tertiary/aromatic N) is 2. The minimum atomic E-state index is 0.00881. The van der Waals surface area contributed by atoms with Crippen molar-refractivity contribution in [2.45, 2.75) is 33.6 Å². The first-order chi connectivity index (χ1) is 14.6. The van der Waals surface area contributed by atoms with E-state index in [4.69, 9.17) is 0 Å². The normalized spacial score (nSPS) is 11.2. The molecule has 0 saturated carbocycles. The van der Waals surface area contributed by atoms with Gasteiger partial charge in [-0.15, -0.1) is 0 Å². The summed E-state index contributed by atoms with van der Waals surface area (Å²) in [5, 5.41) is 5.39. The second-order valence-electron chi connectivity index (χ2n) is 7.61. The molecule has 154 valence electrons. The van der Waals surface area contributed by atoms with Crippen LogP contribution < -0.4 is 10.2 Å². The molecule has 0 aliphatic carbocycles. The maximum atomic E-state index is 12.5. The summed E-state index contributed by atoms with van der Waals surface area (Å²) in [5.74, 6) is 0.00881. The van der Waals surface area contributed by atoms with Crippen molar-refractivity contribution in [3.8, 4) is 0 Å². The van der Waals surface area contributed by atoms with Gasteiger partial charge in [-0.2, -0.15) is 0 Å². The molecule has 2 N–H and O–H groups in total. The van der Waals surface area contributed by atoms with Gasteiger partial charge in [-0.3, -0.25) is 9.78 Å². The molecule has 0 unspecified atom stereocenters. The molecule has 2 aromatic carbocycles. The summed E-state index contributed by atoms with van der Waals surface area (Å²) in [6, 6.07) is 16.5. The Bertz CT molecular complexity index is 1190. The molecule has 1 amide bonds. The van der Waals surface area contributed by atoms with Gasteiger partial charge < -0.3 is 15.2 Å². The number of amides is 1. The van der Waals surface area contributed by atoms with Crippen LogP contribution in [0, 0.1) is 6.92 Å². The van der Waals surface area contributed by atoms with Gasteiger partial charge in [-0.05, 0) is 63.1 Å². The van der Waals surface area contributed by atoms with E-state index in [9.17, 15) is 4.79 Å². The van der Waals surface area contributed by atoms with Crippen LogP contribution in [0.2, 0.25) is 0 Å². The molecular weight excluding hydrogens is 372 g/mol. The summed E-state index contributed by atoms with van der Waals surface area (Å²) in [6.45, 7) is 8.27. The first-order valence-electron chi connectivity index (χ1n) is 10.6. The third kappa shape index (κ3) is 4.01. The molecule has 0 atom stereocenters. The van der Waals surface area contributed by atoms with Crippen molar-refractivity contribution in [3.05, 3.63) is 66.0 Å². The summed E-state index contributed by atoms with van der Waals surface area (Å²) in [4.78, 5) is 22.8. The number of fused-ring (bicyclic) bond motifs is 3. The maximum Gasteiger partial charge on any atom is 0.224 e. The van der Waals surface area contributed by atoms with Crippen molar-refractivity contribution in [1.29, 1.82) is 0 Å². The van der Waals surface area contributed by atoms with Crippen LogP contribution in [-0.4, -0.2) is 29.0 Å². The quantitative estimate of drug-likeness (QED) is 0.434. The van der Waals surface area contributed by atoms with Crippen LogP contribution in [0.25, 0.3) is 21.8 Å². The zero-order valence-corrected chi connectivity index (χ0v) is 17.8. The molecule has 5 nitrogen and oxygen atoms in total. The third-order valence-corrected chi connectivity index (χ3v) is 5.67. The van der Waals surface area contributed by atoms with Gasteiger partial charge in [-0.25, -0.2) is 0 Å². The Hall–Kier alpha value is -3.34. The number of H-pyrrole nitrogens is 1.